The van der Waals surface area contributed by atoms with E-state index in [0.717, 1.165) is 12.8 Å². The van der Waals surface area contributed by atoms with Crippen molar-refractivity contribution < 1.29 is 29.0 Å². The number of carbonyl (C=O) groups excluding carboxylic acids is 3. The number of amides is 2. The Morgan fingerprint density at radius 2 is 1.84 bits per heavy atom. The standard InChI is InChI=1S/C24H34N2O6/c1-5-9-15(3)25-12-7-11-24-17(20(28)26(16(4)14-27)19(24)21(25)29)18-22(30)31-13-8-10-23(18,6-2)32-24/h7-8,10-11,15-19,27H,5-6,9,12-14H2,1-4H3/t15?,16-,17+,18+,19?,23-,24+/m1/s1. The summed E-state index contributed by atoms with van der Waals surface area (Å²) in [5.74, 6) is -2.77. The van der Waals surface area contributed by atoms with Gasteiger partial charge in [-0.05, 0) is 32.8 Å². The van der Waals surface area contributed by atoms with Gasteiger partial charge < -0.3 is 24.4 Å². The summed E-state index contributed by atoms with van der Waals surface area (Å²) in [6, 6.07) is -1.55. The largest absolute Gasteiger partial charge is 0.461 e. The van der Waals surface area contributed by atoms with Gasteiger partial charge in [0.05, 0.1) is 18.6 Å². The monoisotopic (exact) mass is 446 g/mol. The number of esters is 1. The van der Waals surface area contributed by atoms with Crippen LogP contribution in [0.5, 0.6) is 0 Å². The number of nitrogens with zero attached hydrogens (tertiary/aromatic N) is 2. The number of aliphatic hydroxyl groups is 1. The average molecular weight is 447 g/mol. The lowest BCUT2D eigenvalue weighted by molar-refractivity contribution is -0.161. The molecule has 4 heterocycles. The zero-order valence-corrected chi connectivity index (χ0v) is 19.3. The minimum Gasteiger partial charge on any atom is -0.461 e. The molecule has 8 heteroatoms. The van der Waals surface area contributed by atoms with Gasteiger partial charge in [-0.25, -0.2) is 0 Å². The van der Waals surface area contributed by atoms with Gasteiger partial charge in [0.15, 0.2) is 0 Å². The zero-order valence-electron chi connectivity index (χ0n) is 19.3. The van der Waals surface area contributed by atoms with Crippen molar-refractivity contribution in [3.63, 3.8) is 0 Å². The molecule has 4 aliphatic rings. The highest BCUT2D eigenvalue weighted by Crippen LogP contribution is 2.58. The summed E-state index contributed by atoms with van der Waals surface area (Å²) in [5, 5.41) is 9.93. The van der Waals surface area contributed by atoms with E-state index in [1.807, 2.05) is 32.1 Å². The molecule has 0 aromatic carbocycles. The van der Waals surface area contributed by atoms with Crippen LogP contribution in [0.4, 0.5) is 0 Å². The van der Waals surface area contributed by atoms with Gasteiger partial charge in [-0.1, -0.05) is 38.5 Å². The van der Waals surface area contributed by atoms with Crippen molar-refractivity contribution in [2.24, 2.45) is 11.8 Å². The van der Waals surface area contributed by atoms with E-state index in [1.54, 1.807) is 17.9 Å². The normalized spacial score (nSPS) is 38.0. The van der Waals surface area contributed by atoms with Crippen LogP contribution in [0.1, 0.15) is 47.0 Å². The van der Waals surface area contributed by atoms with Crippen molar-refractivity contribution in [3.05, 3.63) is 24.3 Å². The number of hydrogen-bond donors (Lipinski definition) is 1. The van der Waals surface area contributed by atoms with Crippen LogP contribution in [-0.4, -0.2) is 81.8 Å². The van der Waals surface area contributed by atoms with Crippen molar-refractivity contribution in [2.45, 2.75) is 76.3 Å². The van der Waals surface area contributed by atoms with Gasteiger partial charge in [0.1, 0.15) is 29.8 Å². The van der Waals surface area contributed by atoms with Crippen molar-refractivity contribution in [1.82, 2.24) is 9.80 Å². The average Bonchev–Trinajstić information content (AvgIpc) is 3.06. The third-order valence-corrected chi connectivity index (χ3v) is 7.64. The SMILES string of the molecule is CCCC(C)N1CC=C[C@]23O[C@]4(CC)C=CCOC(=O)[C@@H]4[C@H]2C(=O)N([C@H](C)CO)C3C1=O. The highest BCUT2D eigenvalue weighted by molar-refractivity contribution is 5.99. The molecule has 2 fully saturated rings. The summed E-state index contributed by atoms with van der Waals surface area (Å²) >= 11 is 0. The molecule has 176 valence electrons. The molecule has 0 aromatic heterocycles. The maximum absolute atomic E-state index is 14.0. The maximum Gasteiger partial charge on any atom is 0.313 e. The van der Waals surface area contributed by atoms with Crippen molar-refractivity contribution in [3.8, 4) is 0 Å². The fraction of sp³-hybridized carbons (Fsp3) is 0.708. The van der Waals surface area contributed by atoms with Crippen molar-refractivity contribution >= 4 is 17.8 Å². The Kier molecular flexibility index (Phi) is 5.96. The predicted octanol–water partition coefficient (Wildman–Crippen LogP) is 1.43. The van der Waals surface area contributed by atoms with E-state index in [9.17, 15) is 19.5 Å². The van der Waals surface area contributed by atoms with Crippen LogP contribution in [-0.2, 0) is 23.9 Å². The number of hydrogen-bond acceptors (Lipinski definition) is 6. The number of ether oxygens (including phenoxy) is 2. The molecule has 7 atom stereocenters. The highest BCUT2D eigenvalue weighted by Gasteiger charge is 2.75. The van der Waals surface area contributed by atoms with Gasteiger partial charge in [0.25, 0.3) is 0 Å². The lowest BCUT2D eigenvalue weighted by Gasteiger charge is -2.40. The number of fused-ring (bicyclic) bond motifs is 2. The van der Waals surface area contributed by atoms with Gasteiger partial charge in [-0.2, -0.15) is 0 Å². The summed E-state index contributed by atoms with van der Waals surface area (Å²) in [7, 11) is 0. The lowest BCUT2D eigenvalue weighted by atomic mass is 9.73. The fourth-order valence-electron chi connectivity index (χ4n) is 6.08. The second kappa shape index (κ2) is 8.30. The van der Waals surface area contributed by atoms with Crippen LogP contribution >= 0.6 is 0 Å². The molecule has 8 nitrogen and oxygen atoms in total. The molecule has 4 rings (SSSR count). The molecule has 2 amide bonds. The van der Waals surface area contributed by atoms with Crippen molar-refractivity contribution in [1.29, 1.82) is 0 Å². The molecular weight excluding hydrogens is 412 g/mol. The number of aliphatic hydroxyl groups excluding tert-OH is 1. The zero-order chi connectivity index (χ0) is 23.3. The predicted molar refractivity (Wildman–Crippen MR) is 116 cm³/mol. The number of rotatable bonds is 6. The molecule has 0 aliphatic carbocycles. The topological polar surface area (TPSA) is 96.4 Å². The molecule has 1 spiro atoms. The number of cyclic esters (lactones) is 1. The van der Waals surface area contributed by atoms with Crippen LogP contribution in [0, 0.1) is 11.8 Å². The number of likely N-dealkylation sites (tertiary alicyclic amines) is 1. The van der Waals surface area contributed by atoms with E-state index in [1.165, 1.54) is 4.90 Å². The van der Waals surface area contributed by atoms with Crippen LogP contribution in [0.3, 0.4) is 0 Å². The summed E-state index contributed by atoms with van der Waals surface area (Å²) in [5.41, 5.74) is -2.31. The molecule has 2 saturated heterocycles. The Morgan fingerprint density at radius 1 is 1.09 bits per heavy atom. The molecule has 1 N–H and O–H groups in total. The molecule has 0 saturated carbocycles. The maximum atomic E-state index is 14.0. The summed E-state index contributed by atoms with van der Waals surface area (Å²) in [4.78, 5) is 44.2. The van der Waals surface area contributed by atoms with Crippen molar-refractivity contribution in [2.75, 3.05) is 19.8 Å². The first-order chi connectivity index (χ1) is 15.3. The quantitative estimate of drug-likeness (QED) is 0.490. The van der Waals surface area contributed by atoms with E-state index in [0.29, 0.717) is 13.0 Å². The fourth-order valence-corrected chi connectivity index (χ4v) is 6.08. The summed E-state index contributed by atoms with van der Waals surface area (Å²) < 4.78 is 12.1. The molecule has 0 radical (unpaired) electrons. The van der Waals surface area contributed by atoms with Gasteiger partial charge in [0.2, 0.25) is 11.8 Å². The van der Waals surface area contributed by atoms with E-state index >= 15 is 0 Å². The molecule has 32 heavy (non-hydrogen) atoms. The third-order valence-electron chi connectivity index (χ3n) is 7.64. The van der Waals surface area contributed by atoms with Gasteiger partial charge >= 0.3 is 5.97 Å². The van der Waals surface area contributed by atoms with Crippen LogP contribution < -0.4 is 0 Å². The van der Waals surface area contributed by atoms with Gasteiger partial charge in [-0.15, -0.1) is 0 Å². The molecular formula is C24H34N2O6. The molecule has 2 unspecified atom stereocenters. The minimum absolute atomic E-state index is 0.00962. The van der Waals surface area contributed by atoms with E-state index in [4.69, 9.17) is 9.47 Å². The summed E-state index contributed by atoms with van der Waals surface area (Å²) in [6.45, 7) is 7.96. The number of carbonyl (C=O) groups is 3. The van der Waals surface area contributed by atoms with Crippen LogP contribution in [0.15, 0.2) is 24.3 Å². The smallest absolute Gasteiger partial charge is 0.313 e. The second-order valence-corrected chi connectivity index (χ2v) is 9.46. The highest BCUT2D eigenvalue weighted by atomic mass is 16.6. The Morgan fingerprint density at radius 3 is 2.50 bits per heavy atom. The third kappa shape index (κ3) is 3.06. The molecule has 0 bridgehead atoms. The Labute approximate surface area is 189 Å². The van der Waals surface area contributed by atoms with Gasteiger partial charge in [-0.3, -0.25) is 14.4 Å². The van der Waals surface area contributed by atoms with E-state index in [2.05, 4.69) is 6.92 Å². The lowest BCUT2D eigenvalue weighted by Crippen LogP contribution is -2.59. The van der Waals surface area contributed by atoms with Crippen LogP contribution in [0.25, 0.3) is 0 Å². The first kappa shape index (κ1) is 23.0. The van der Waals surface area contributed by atoms with E-state index in [-0.39, 0.29) is 31.1 Å². The first-order valence-corrected chi connectivity index (χ1v) is 11.7. The van der Waals surface area contributed by atoms with Crippen LogP contribution in [0.2, 0.25) is 0 Å². The Bertz CT molecular complexity index is 855. The molecule has 0 aromatic rings. The summed E-state index contributed by atoms with van der Waals surface area (Å²) in [6.07, 6.45) is 9.54. The Hall–Kier alpha value is -2.19. The van der Waals surface area contributed by atoms with Gasteiger partial charge in [0, 0.05) is 12.6 Å². The van der Waals surface area contributed by atoms with E-state index < -0.39 is 41.1 Å². The molecule has 4 aliphatic heterocycles. The Balaban J connectivity index is 1.89. The first-order valence-electron chi connectivity index (χ1n) is 11.7. The minimum atomic E-state index is -1.29. The second-order valence-electron chi connectivity index (χ2n) is 9.46.